The van der Waals surface area contributed by atoms with Crippen LogP contribution in [0, 0.1) is 17.8 Å². The number of hydrogen-bond donors (Lipinski definition) is 3. The Morgan fingerprint density at radius 2 is 1.43 bits per heavy atom. The summed E-state index contributed by atoms with van der Waals surface area (Å²) in [4.78, 5) is 36.3. The second kappa shape index (κ2) is 25.2. The van der Waals surface area contributed by atoms with Crippen LogP contribution in [0.15, 0.2) is 24.3 Å². The van der Waals surface area contributed by atoms with Gasteiger partial charge in [0.15, 0.2) is 0 Å². The van der Waals surface area contributed by atoms with Crippen LogP contribution in [0.25, 0.3) is 0 Å². The first-order valence-electron chi connectivity index (χ1n) is 17.3. The summed E-state index contributed by atoms with van der Waals surface area (Å²) in [7, 11) is 0. The third-order valence-electron chi connectivity index (χ3n) is 8.24. The van der Waals surface area contributed by atoms with Crippen LogP contribution in [0.5, 0.6) is 0 Å². The number of esters is 2. The van der Waals surface area contributed by atoms with Gasteiger partial charge in [-0.15, -0.1) is 0 Å². The summed E-state index contributed by atoms with van der Waals surface area (Å²) in [5.41, 5.74) is 0. The first-order chi connectivity index (χ1) is 21.1. The maximum atomic E-state index is 12.4. The molecule has 3 N–H and O–H groups in total. The molecule has 0 amide bonds. The quantitative estimate of drug-likeness (QED) is 0.0547. The lowest BCUT2D eigenvalue weighted by molar-refractivity contribution is -0.152. The Morgan fingerprint density at radius 1 is 0.841 bits per heavy atom. The van der Waals surface area contributed by atoms with Gasteiger partial charge in [-0.1, -0.05) is 109 Å². The van der Waals surface area contributed by atoms with Crippen molar-refractivity contribution in [2.75, 3.05) is 13.2 Å². The van der Waals surface area contributed by atoms with Gasteiger partial charge in [-0.25, -0.2) is 0 Å². The lowest BCUT2D eigenvalue weighted by Gasteiger charge is -2.17. The van der Waals surface area contributed by atoms with Gasteiger partial charge in [-0.3, -0.25) is 14.4 Å². The highest BCUT2D eigenvalue weighted by Gasteiger charge is 2.39. The smallest absolute Gasteiger partial charge is 0.305 e. The lowest BCUT2D eigenvalue weighted by atomic mass is 9.90. The number of aliphatic hydroxyl groups excluding tert-OH is 3. The Hall–Kier alpha value is -2.03. The minimum absolute atomic E-state index is 0.00109. The average molecular weight is 623 g/mol. The van der Waals surface area contributed by atoms with Crippen molar-refractivity contribution in [1.29, 1.82) is 0 Å². The number of ether oxygens (including phenoxy) is 2. The summed E-state index contributed by atoms with van der Waals surface area (Å²) in [5, 5.41) is 30.5. The first-order valence-corrected chi connectivity index (χ1v) is 17.3. The van der Waals surface area contributed by atoms with E-state index in [0.717, 1.165) is 44.4 Å². The highest BCUT2D eigenvalue weighted by molar-refractivity contribution is 5.86. The minimum Gasteiger partial charge on any atom is -0.463 e. The van der Waals surface area contributed by atoms with Crippen LogP contribution in [0.3, 0.4) is 0 Å². The predicted molar refractivity (Wildman–Crippen MR) is 174 cm³/mol. The molecule has 0 aromatic carbocycles. The summed E-state index contributed by atoms with van der Waals surface area (Å²) < 4.78 is 10.2. The van der Waals surface area contributed by atoms with Crippen LogP contribution in [0.2, 0.25) is 0 Å². The molecule has 44 heavy (non-hydrogen) atoms. The van der Waals surface area contributed by atoms with Gasteiger partial charge in [0.1, 0.15) is 25.1 Å². The molecule has 1 aliphatic carbocycles. The maximum Gasteiger partial charge on any atom is 0.305 e. The van der Waals surface area contributed by atoms with Crippen LogP contribution >= 0.6 is 0 Å². The molecule has 0 aliphatic heterocycles. The van der Waals surface area contributed by atoms with E-state index in [1.54, 1.807) is 12.2 Å². The largest absolute Gasteiger partial charge is 0.463 e. The van der Waals surface area contributed by atoms with E-state index in [1.807, 2.05) is 12.2 Å². The molecule has 5 atom stereocenters. The van der Waals surface area contributed by atoms with E-state index in [4.69, 9.17) is 9.47 Å². The first kappa shape index (κ1) is 40.0. The van der Waals surface area contributed by atoms with E-state index in [0.29, 0.717) is 32.1 Å². The standard InChI is InChI=1S/C36H62O8/c1-4-5-13-19-29(37)23-24-32-31(33(39)25-34(32)40)20-15-11-12-17-22-36(42)44-27-30(38)26-43-35(41)21-16-10-8-6-7-9-14-18-28(2)3/h11,15,23-24,28-33,37-39H,4-10,12-14,16-22,25-27H2,1-3H3/b15-11-,24-23+/t29-,30-,31+,32+,33-/m0/s1. The van der Waals surface area contributed by atoms with E-state index < -0.39 is 30.2 Å². The molecule has 0 heterocycles. The average Bonchev–Trinajstić information content (AvgIpc) is 3.25. The summed E-state index contributed by atoms with van der Waals surface area (Å²) in [5.74, 6) is -0.595. The number of carbonyl (C=O) groups is 3. The third-order valence-corrected chi connectivity index (χ3v) is 8.24. The molecule has 0 saturated heterocycles. The van der Waals surface area contributed by atoms with Crippen LogP contribution in [-0.2, 0) is 23.9 Å². The monoisotopic (exact) mass is 622 g/mol. The number of allylic oxidation sites excluding steroid dienone is 3. The van der Waals surface area contributed by atoms with Gasteiger partial charge in [0.2, 0.25) is 0 Å². The topological polar surface area (TPSA) is 130 Å². The molecule has 1 saturated carbocycles. The zero-order valence-electron chi connectivity index (χ0n) is 27.8. The number of aliphatic hydroxyl groups is 3. The molecule has 0 spiro atoms. The van der Waals surface area contributed by atoms with E-state index in [-0.39, 0.29) is 43.7 Å². The Kier molecular flexibility index (Phi) is 22.9. The van der Waals surface area contributed by atoms with Crippen molar-refractivity contribution in [3.05, 3.63) is 24.3 Å². The molecule has 0 radical (unpaired) electrons. The summed E-state index contributed by atoms with van der Waals surface area (Å²) in [6.45, 7) is 6.22. The second-order valence-electron chi connectivity index (χ2n) is 12.9. The van der Waals surface area contributed by atoms with Gasteiger partial charge in [0.25, 0.3) is 0 Å². The summed E-state index contributed by atoms with van der Waals surface area (Å²) in [6.07, 6.45) is 20.4. The van der Waals surface area contributed by atoms with Gasteiger partial charge < -0.3 is 24.8 Å². The van der Waals surface area contributed by atoms with Gasteiger partial charge in [-0.05, 0) is 38.0 Å². The van der Waals surface area contributed by atoms with Crippen molar-refractivity contribution in [3.63, 3.8) is 0 Å². The van der Waals surface area contributed by atoms with Crippen molar-refractivity contribution in [1.82, 2.24) is 0 Å². The molecular weight excluding hydrogens is 560 g/mol. The Labute approximate surface area is 266 Å². The fourth-order valence-corrected chi connectivity index (χ4v) is 5.49. The number of unbranched alkanes of at least 4 members (excludes halogenated alkanes) is 9. The van der Waals surface area contributed by atoms with Gasteiger partial charge in [0, 0.05) is 31.1 Å². The zero-order chi connectivity index (χ0) is 32.6. The van der Waals surface area contributed by atoms with E-state index in [9.17, 15) is 29.7 Å². The zero-order valence-corrected chi connectivity index (χ0v) is 27.8. The Morgan fingerprint density at radius 3 is 2.07 bits per heavy atom. The van der Waals surface area contributed by atoms with Gasteiger partial charge in [-0.2, -0.15) is 0 Å². The predicted octanol–water partition coefficient (Wildman–Crippen LogP) is 6.78. The van der Waals surface area contributed by atoms with Crippen molar-refractivity contribution in [3.8, 4) is 0 Å². The molecule has 254 valence electrons. The minimum atomic E-state index is -1.05. The van der Waals surface area contributed by atoms with E-state index >= 15 is 0 Å². The van der Waals surface area contributed by atoms with Gasteiger partial charge >= 0.3 is 11.9 Å². The van der Waals surface area contributed by atoms with Crippen LogP contribution in [0.4, 0.5) is 0 Å². The van der Waals surface area contributed by atoms with E-state index in [2.05, 4.69) is 20.8 Å². The summed E-state index contributed by atoms with van der Waals surface area (Å²) >= 11 is 0. The Balaban J connectivity index is 2.13. The molecule has 0 bridgehead atoms. The van der Waals surface area contributed by atoms with Gasteiger partial charge in [0.05, 0.1) is 12.2 Å². The van der Waals surface area contributed by atoms with Crippen molar-refractivity contribution in [2.45, 2.75) is 155 Å². The highest BCUT2D eigenvalue weighted by atomic mass is 16.6. The van der Waals surface area contributed by atoms with Crippen molar-refractivity contribution >= 4 is 17.7 Å². The van der Waals surface area contributed by atoms with Crippen molar-refractivity contribution in [2.24, 2.45) is 17.8 Å². The second-order valence-corrected chi connectivity index (χ2v) is 12.9. The number of carbonyl (C=O) groups excluding carboxylic acids is 3. The molecule has 8 heteroatoms. The molecule has 1 fully saturated rings. The Bertz CT molecular complexity index is 836. The van der Waals surface area contributed by atoms with Crippen molar-refractivity contribution < 1.29 is 39.2 Å². The lowest BCUT2D eigenvalue weighted by Crippen LogP contribution is -2.25. The normalized spacial score (nSPS) is 20.2. The fourth-order valence-electron chi connectivity index (χ4n) is 5.49. The SMILES string of the molecule is CCCCC[C@H](O)/C=C/[C@H]1C(=O)C[C@H](O)[C@@H]1C/C=C\CCCC(=O)OC[C@@H](O)COC(=O)CCCCCCCCCC(C)C. The van der Waals surface area contributed by atoms with Crippen LogP contribution in [-0.4, -0.2) is 64.6 Å². The molecular formula is C36H62O8. The number of hydrogen-bond acceptors (Lipinski definition) is 8. The molecule has 1 rings (SSSR count). The maximum absolute atomic E-state index is 12.4. The van der Waals surface area contributed by atoms with Crippen LogP contribution in [0.1, 0.15) is 136 Å². The van der Waals surface area contributed by atoms with Crippen LogP contribution < -0.4 is 0 Å². The van der Waals surface area contributed by atoms with E-state index in [1.165, 1.54) is 32.1 Å². The third kappa shape index (κ3) is 20.1. The number of Topliss-reactive ketones (excluding diaryl/α,β-unsaturated/α-hetero) is 1. The fraction of sp³-hybridized carbons (Fsp3) is 0.806. The molecule has 0 aromatic heterocycles. The number of ketones is 1. The molecule has 0 unspecified atom stereocenters. The molecule has 1 aliphatic rings. The number of rotatable bonds is 26. The molecule has 0 aromatic rings. The molecule has 8 nitrogen and oxygen atoms in total. The summed E-state index contributed by atoms with van der Waals surface area (Å²) in [6, 6.07) is 0. The highest BCUT2D eigenvalue weighted by Crippen LogP contribution is 2.33.